The number of nitrogens with zero attached hydrogens (tertiary/aromatic N) is 1. The lowest BCUT2D eigenvalue weighted by molar-refractivity contribution is 0.589. The van der Waals surface area contributed by atoms with Crippen molar-refractivity contribution in [3.63, 3.8) is 0 Å². The molecule has 0 saturated heterocycles. The second-order valence-corrected chi connectivity index (χ2v) is 3.77. The van der Waals surface area contributed by atoms with E-state index >= 15 is 0 Å². The Labute approximate surface area is 95.9 Å². The lowest BCUT2D eigenvalue weighted by Gasteiger charge is -2.04. The summed E-state index contributed by atoms with van der Waals surface area (Å²) in [5.41, 5.74) is 1.34. The van der Waals surface area contributed by atoms with E-state index in [1.807, 2.05) is 0 Å². The molecular weight excluding hydrogens is 222 g/mol. The van der Waals surface area contributed by atoms with Crippen LogP contribution in [0.15, 0.2) is 42.6 Å². The minimum atomic E-state index is -0.562. The molecule has 0 bridgehead atoms. The predicted octanol–water partition coefficient (Wildman–Crippen LogP) is 3.51. The number of nitrogens with one attached hydrogen (secondary N) is 1. The molecule has 0 aliphatic carbocycles. The van der Waals surface area contributed by atoms with E-state index in [9.17, 15) is 8.78 Å². The molecule has 0 fully saturated rings. The first-order valence-electron chi connectivity index (χ1n) is 5.13. The van der Waals surface area contributed by atoms with Gasteiger partial charge in [-0.05, 0) is 29.8 Å². The average Bonchev–Trinajstić information content (AvgIpc) is 2.76. The van der Waals surface area contributed by atoms with Crippen molar-refractivity contribution in [1.29, 1.82) is 0 Å². The van der Waals surface area contributed by atoms with Crippen molar-refractivity contribution in [2.24, 2.45) is 0 Å². The molecule has 0 atom stereocenters. The molecule has 1 N–H and O–H groups in total. The van der Waals surface area contributed by atoms with E-state index in [0.29, 0.717) is 5.56 Å². The number of halogens is 2. The van der Waals surface area contributed by atoms with Gasteiger partial charge in [0.15, 0.2) is 0 Å². The monoisotopic (exact) mass is 230 g/mol. The number of rotatable bonds is 1. The van der Waals surface area contributed by atoms with Crippen molar-refractivity contribution in [2.45, 2.75) is 0 Å². The van der Waals surface area contributed by atoms with E-state index in [1.165, 1.54) is 18.2 Å². The number of hydrogen-bond acceptors (Lipinski definition) is 1. The quantitative estimate of drug-likeness (QED) is 0.680. The Hall–Kier alpha value is -2.23. The highest BCUT2D eigenvalue weighted by atomic mass is 19.1. The van der Waals surface area contributed by atoms with Crippen LogP contribution in [0.1, 0.15) is 0 Å². The molecule has 17 heavy (non-hydrogen) atoms. The molecule has 3 rings (SSSR count). The van der Waals surface area contributed by atoms with Gasteiger partial charge < -0.3 is 0 Å². The second kappa shape index (κ2) is 3.66. The molecule has 0 aliphatic rings. The van der Waals surface area contributed by atoms with Crippen LogP contribution in [0.2, 0.25) is 0 Å². The van der Waals surface area contributed by atoms with Crippen LogP contribution in [-0.2, 0) is 0 Å². The van der Waals surface area contributed by atoms with Gasteiger partial charge in [0.1, 0.15) is 11.6 Å². The van der Waals surface area contributed by atoms with E-state index in [2.05, 4.69) is 10.2 Å². The minimum Gasteiger partial charge on any atom is -0.278 e. The molecule has 84 valence electrons. The molecular formula is C13H8F2N2. The molecule has 1 heterocycles. The summed E-state index contributed by atoms with van der Waals surface area (Å²) in [5.74, 6) is -1.12. The van der Waals surface area contributed by atoms with Crippen molar-refractivity contribution < 1.29 is 8.78 Å². The summed E-state index contributed by atoms with van der Waals surface area (Å²) in [6, 6.07) is 8.98. The van der Waals surface area contributed by atoms with Gasteiger partial charge in [-0.2, -0.15) is 5.10 Å². The molecule has 4 heteroatoms. The lowest BCUT2D eigenvalue weighted by Crippen LogP contribution is -1.89. The zero-order chi connectivity index (χ0) is 11.8. The van der Waals surface area contributed by atoms with E-state index in [0.717, 1.165) is 10.9 Å². The van der Waals surface area contributed by atoms with E-state index in [4.69, 9.17) is 0 Å². The highest BCUT2D eigenvalue weighted by molar-refractivity contribution is 5.84. The zero-order valence-electron chi connectivity index (χ0n) is 8.74. The maximum Gasteiger partial charge on any atom is 0.133 e. The molecule has 0 aliphatic heterocycles. The van der Waals surface area contributed by atoms with Gasteiger partial charge in [0.05, 0.1) is 17.3 Å². The van der Waals surface area contributed by atoms with Gasteiger partial charge in [0, 0.05) is 5.39 Å². The Morgan fingerprint density at radius 1 is 1.00 bits per heavy atom. The van der Waals surface area contributed by atoms with Crippen LogP contribution < -0.4 is 0 Å². The van der Waals surface area contributed by atoms with E-state index in [-0.39, 0.29) is 5.56 Å². The number of benzene rings is 2. The molecule has 2 aromatic carbocycles. The second-order valence-electron chi connectivity index (χ2n) is 3.77. The Kier molecular flexibility index (Phi) is 2.14. The normalized spacial score (nSPS) is 10.9. The van der Waals surface area contributed by atoms with Crippen LogP contribution in [0.3, 0.4) is 0 Å². The van der Waals surface area contributed by atoms with Crippen LogP contribution in [0, 0.1) is 11.6 Å². The third-order valence-electron chi connectivity index (χ3n) is 2.69. The highest BCUT2D eigenvalue weighted by Crippen LogP contribution is 2.28. The fourth-order valence-corrected chi connectivity index (χ4v) is 1.87. The average molecular weight is 230 g/mol. The SMILES string of the molecule is Fc1cccc(F)c1-c1ccc2[nH]ncc2c1. The van der Waals surface area contributed by atoms with Crippen LogP contribution in [0.5, 0.6) is 0 Å². The first kappa shape index (κ1) is 9.96. The minimum absolute atomic E-state index is 0.00407. The smallest absolute Gasteiger partial charge is 0.133 e. The molecule has 0 unspecified atom stereocenters. The third-order valence-corrected chi connectivity index (χ3v) is 2.69. The van der Waals surface area contributed by atoms with Gasteiger partial charge in [-0.1, -0.05) is 12.1 Å². The van der Waals surface area contributed by atoms with Crippen LogP contribution in [0.4, 0.5) is 8.78 Å². The Bertz CT molecular complexity index is 668. The summed E-state index contributed by atoms with van der Waals surface area (Å²) in [5, 5.41) is 7.48. The summed E-state index contributed by atoms with van der Waals surface area (Å²) in [7, 11) is 0. The number of aromatic nitrogens is 2. The van der Waals surface area contributed by atoms with Crippen molar-refractivity contribution >= 4 is 10.9 Å². The Morgan fingerprint density at radius 2 is 1.76 bits per heavy atom. The summed E-state index contributed by atoms with van der Waals surface area (Å²) in [4.78, 5) is 0. The Balaban J connectivity index is 2.26. The molecule has 0 saturated carbocycles. The fourth-order valence-electron chi connectivity index (χ4n) is 1.87. The first-order chi connectivity index (χ1) is 8.25. The number of fused-ring (bicyclic) bond motifs is 1. The first-order valence-corrected chi connectivity index (χ1v) is 5.13. The molecule has 0 amide bonds. The molecule has 1 aromatic heterocycles. The lowest BCUT2D eigenvalue weighted by atomic mass is 10.0. The molecule has 2 nitrogen and oxygen atoms in total. The summed E-state index contributed by atoms with van der Waals surface area (Å²) in [6.07, 6.45) is 1.62. The summed E-state index contributed by atoms with van der Waals surface area (Å²) in [6.45, 7) is 0. The Morgan fingerprint density at radius 3 is 2.53 bits per heavy atom. The van der Waals surface area contributed by atoms with Gasteiger partial charge >= 0.3 is 0 Å². The van der Waals surface area contributed by atoms with Gasteiger partial charge in [-0.25, -0.2) is 8.78 Å². The maximum atomic E-state index is 13.6. The van der Waals surface area contributed by atoms with E-state index < -0.39 is 11.6 Å². The molecule has 0 spiro atoms. The van der Waals surface area contributed by atoms with Gasteiger partial charge in [0.2, 0.25) is 0 Å². The number of aromatic amines is 1. The fraction of sp³-hybridized carbons (Fsp3) is 0. The summed E-state index contributed by atoms with van der Waals surface area (Å²) >= 11 is 0. The van der Waals surface area contributed by atoms with Gasteiger partial charge in [0.25, 0.3) is 0 Å². The van der Waals surface area contributed by atoms with Crippen LogP contribution in [0.25, 0.3) is 22.0 Å². The van der Waals surface area contributed by atoms with Crippen molar-refractivity contribution in [3.8, 4) is 11.1 Å². The third kappa shape index (κ3) is 1.58. The van der Waals surface area contributed by atoms with Gasteiger partial charge in [-0.15, -0.1) is 0 Å². The van der Waals surface area contributed by atoms with E-state index in [1.54, 1.807) is 24.4 Å². The molecule has 3 aromatic rings. The van der Waals surface area contributed by atoms with Crippen molar-refractivity contribution in [2.75, 3.05) is 0 Å². The largest absolute Gasteiger partial charge is 0.278 e. The maximum absolute atomic E-state index is 13.6. The van der Waals surface area contributed by atoms with Crippen molar-refractivity contribution in [1.82, 2.24) is 10.2 Å². The van der Waals surface area contributed by atoms with Crippen LogP contribution >= 0.6 is 0 Å². The summed E-state index contributed by atoms with van der Waals surface area (Å²) < 4.78 is 27.2. The topological polar surface area (TPSA) is 28.7 Å². The van der Waals surface area contributed by atoms with Gasteiger partial charge in [-0.3, -0.25) is 5.10 Å². The highest BCUT2D eigenvalue weighted by Gasteiger charge is 2.11. The predicted molar refractivity (Wildman–Crippen MR) is 61.4 cm³/mol. The number of hydrogen-bond donors (Lipinski definition) is 1. The van der Waals surface area contributed by atoms with Crippen LogP contribution in [-0.4, -0.2) is 10.2 Å². The number of H-pyrrole nitrogens is 1. The molecule has 0 radical (unpaired) electrons. The zero-order valence-corrected chi connectivity index (χ0v) is 8.74. The standard InChI is InChI=1S/C13H8F2N2/c14-10-2-1-3-11(15)13(10)8-4-5-12-9(6-8)7-16-17-12/h1-7H,(H,16,17). The van der Waals surface area contributed by atoms with Crippen molar-refractivity contribution in [3.05, 3.63) is 54.2 Å².